The summed E-state index contributed by atoms with van der Waals surface area (Å²) in [5.74, 6) is 0. The Kier molecular flexibility index (Phi) is 6.61. The number of anilines is 1. The maximum absolute atomic E-state index is 9.06. The number of ether oxygens (including phenoxy) is 1. The van der Waals surface area contributed by atoms with E-state index in [-0.39, 0.29) is 19.3 Å². The maximum Gasteiger partial charge on any atom is 0.0729 e. The van der Waals surface area contributed by atoms with Crippen molar-refractivity contribution in [3.05, 3.63) is 12.4 Å². The van der Waals surface area contributed by atoms with Crippen LogP contribution in [0.4, 0.5) is 5.69 Å². The van der Waals surface area contributed by atoms with Crippen LogP contribution in [-0.4, -0.2) is 52.5 Å². The zero-order chi connectivity index (χ0) is 12.5. The molecule has 0 spiro atoms. The van der Waals surface area contributed by atoms with Crippen molar-refractivity contribution < 1.29 is 14.9 Å². The van der Waals surface area contributed by atoms with Crippen molar-refractivity contribution in [2.24, 2.45) is 0 Å². The van der Waals surface area contributed by atoms with Gasteiger partial charge in [-0.05, 0) is 6.42 Å². The van der Waals surface area contributed by atoms with Crippen LogP contribution in [0.1, 0.15) is 13.3 Å². The van der Waals surface area contributed by atoms with Crippen LogP contribution in [0, 0.1) is 0 Å². The Labute approximate surface area is 101 Å². The average molecular weight is 243 g/mol. The number of hydrogen-bond acceptors (Lipinski definition) is 5. The molecular weight excluding hydrogens is 222 g/mol. The molecule has 6 heteroatoms. The second-order valence-corrected chi connectivity index (χ2v) is 3.76. The van der Waals surface area contributed by atoms with Gasteiger partial charge in [0.2, 0.25) is 0 Å². The quantitative estimate of drug-likeness (QED) is 0.535. The Morgan fingerprint density at radius 2 is 2.29 bits per heavy atom. The number of nitrogens with one attached hydrogen (secondary N) is 1. The van der Waals surface area contributed by atoms with Gasteiger partial charge in [-0.25, -0.2) is 0 Å². The van der Waals surface area contributed by atoms with E-state index in [0.29, 0.717) is 19.8 Å². The molecule has 98 valence electrons. The molecule has 0 fully saturated rings. The molecule has 0 radical (unpaired) electrons. The summed E-state index contributed by atoms with van der Waals surface area (Å²) in [5, 5.41) is 25.0. The van der Waals surface area contributed by atoms with Crippen LogP contribution in [0.25, 0.3) is 0 Å². The molecule has 1 atom stereocenters. The van der Waals surface area contributed by atoms with Crippen LogP contribution < -0.4 is 5.32 Å². The molecule has 0 amide bonds. The first kappa shape index (κ1) is 14.0. The van der Waals surface area contributed by atoms with Gasteiger partial charge in [-0.1, -0.05) is 6.92 Å². The van der Waals surface area contributed by atoms with E-state index in [2.05, 4.69) is 10.4 Å². The molecule has 1 aromatic heterocycles. The molecule has 1 rings (SSSR count). The average Bonchev–Trinajstić information content (AvgIpc) is 2.79. The van der Waals surface area contributed by atoms with Crippen LogP contribution in [0.2, 0.25) is 0 Å². The minimum absolute atomic E-state index is 0.0423. The first-order chi connectivity index (χ1) is 8.30. The van der Waals surface area contributed by atoms with Crippen molar-refractivity contribution in [3.8, 4) is 0 Å². The predicted molar refractivity (Wildman–Crippen MR) is 64.9 cm³/mol. The minimum Gasteiger partial charge on any atom is -0.394 e. The van der Waals surface area contributed by atoms with Crippen LogP contribution in [-0.2, 0) is 11.3 Å². The lowest BCUT2D eigenvalue weighted by molar-refractivity contribution is 0.0854. The highest BCUT2D eigenvalue weighted by atomic mass is 16.5. The number of aliphatic hydroxyl groups excluding tert-OH is 2. The van der Waals surface area contributed by atoms with E-state index >= 15 is 0 Å². The highest BCUT2D eigenvalue weighted by Crippen LogP contribution is 2.08. The van der Waals surface area contributed by atoms with Gasteiger partial charge in [0.1, 0.15) is 0 Å². The second kappa shape index (κ2) is 8.05. The molecule has 0 saturated carbocycles. The number of nitrogens with zero attached hydrogens (tertiary/aromatic N) is 2. The summed E-state index contributed by atoms with van der Waals surface area (Å²) in [4.78, 5) is 0. The van der Waals surface area contributed by atoms with E-state index < -0.39 is 0 Å². The number of hydrogen-bond donors (Lipinski definition) is 3. The molecular formula is C11H21N3O3. The van der Waals surface area contributed by atoms with Crippen molar-refractivity contribution in [1.82, 2.24) is 9.78 Å². The second-order valence-electron chi connectivity index (χ2n) is 3.76. The van der Waals surface area contributed by atoms with Crippen LogP contribution in [0.15, 0.2) is 12.4 Å². The smallest absolute Gasteiger partial charge is 0.0729 e. The first-order valence-electron chi connectivity index (χ1n) is 5.88. The van der Waals surface area contributed by atoms with E-state index in [1.807, 2.05) is 13.1 Å². The Morgan fingerprint density at radius 3 is 2.94 bits per heavy atom. The van der Waals surface area contributed by atoms with Crippen LogP contribution in [0.3, 0.4) is 0 Å². The highest BCUT2D eigenvalue weighted by molar-refractivity contribution is 5.39. The van der Waals surface area contributed by atoms with Crippen LogP contribution in [0.5, 0.6) is 0 Å². The molecule has 0 unspecified atom stereocenters. The van der Waals surface area contributed by atoms with E-state index in [1.165, 1.54) is 0 Å². The van der Waals surface area contributed by atoms with E-state index in [1.54, 1.807) is 10.9 Å². The fraction of sp³-hybridized carbons (Fsp3) is 0.727. The highest BCUT2D eigenvalue weighted by Gasteiger charge is 2.05. The number of aromatic nitrogens is 2. The van der Waals surface area contributed by atoms with Crippen LogP contribution >= 0.6 is 0 Å². The Hall–Kier alpha value is -1.11. The largest absolute Gasteiger partial charge is 0.394 e. The zero-order valence-corrected chi connectivity index (χ0v) is 10.2. The van der Waals surface area contributed by atoms with E-state index in [9.17, 15) is 0 Å². The predicted octanol–water partition coefficient (Wildman–Crippen LogP) is 0.0748. The molecule has 0 aliphatic heterocycles. The van der Waals surface area contributed by atoms with Gasteiger partial charge < -0.3 is 20.3 Å². The zero-order valence-electron chi connectivity index (χ0n) is 10.2. The van der Waals surface area contributed by atoms with Crippen molar-refractivity contribution in [2.45, 2.75) is 25.9 Å². The molecule has 6 nitrogen and oxygen atoms in total. The molecule has 17 heavy (non-hydrogen) atoms. The van der Waals surface area contributed by atoms with Gasteiger partial charge >= 0.3 is 0 Å². The van der Waals surface area contributed by atoms with Gasteiger partial charge in [0.05, 0.1) is 44.9 Å². The third-order valence-electron chi connectivity index (χ3n) is 2.42. The summed E-state index contributed by atoms with van der Waals surface area (Å²) in [5.41, 5.74) is 0.896. The molecule has 0 bridgehead atoms. The molecule has 0 aliphatic carbocycles. The molecule has 1 heterocycles. The number of aliphatic hydroxyl groups is 2. The van der Waals surface area contributed by atoms with Gasteiger partial charge in [0, 0.05) is 12.2 Å². The van der Waals surface area contributed by atoms with Gasteiger partial charge in [-0.15, -0.1) is 0 Å². The van der Waals surface area contributed by atoms with Gasteiger partial charge in [-0.2, -0.15) is 5.10 Å². The molecule has 0 aromatic carbocycles. The monoisotopic (exact) mass is 243 g/mol. The standard InChI is InChI=1S/C11H21N3O3/c1-2-10(9-16)13-11-7-12-14(8-11)3-5-17-6-4-15/h7-8,10,13,15-16H,2-6,9H2,1H3/t10-/m1/s1. The molecule has 3 N–H and O–H groups in total. The first-order valence-corrected chi connectivity index (χ1v) is 5.88. The fourth-order valence-electron chi connectivity index (χ4n) is 1.40. The molecule has 0 aliphatic rings. The summed E-state index contributed by atoms with van der Waals surface area (Å²) in [6.07, 6.45) is 4.46. The summed E-state index contributed by atoms with van der Waals surface area (Å²) < 4.78 is 6.92. The fourth-order valence-corrected chi connectivity index (χ4v) is 1.40. The van der Waals surface area contributed by atoms with Gasteiger partial charge in [0.25, 0.3) is 0 Å². The van der Waals surface area contributed by atoms with E-state index in [4.69, 9.17) is 14.9 Å². The lowest BCUT2D eigenvalue weighted by atomic mass is 10.2. The van der Waals surface area contributed by atoms with Crippen molar-refractivity contribution in [1.29, 1.82) is 0 Å². The third kappa shape index (κ3) is 5.16. The third-order valence-corrected chi connectivity index (χ3v) is 2.42. The van der Waals surface area contributed by atoms with E-state index in [0.717, 1.165) is 12.1 Å². The van der Waals surface area contributed by atoms with Crippen molar-refractivity contribution in [3.63, 3.8) is 0 Å². The Bertz CT molecular complexity index is 300. The summed E-state index contributed by atoms with van der Waals surface area (Å²) in [6, 6.07) is 0.0679. The molecule has 0 saturated heterocycles. The number of rotatable bonds is 9. The maximum atomic E-state index is 9.06. The van der Waals surface area contributed by atoms with Crippen molar-refractivity contribution >= 4 is 5.69 Å². The lowest BCUT2D eigenvalue weighted by Gasteiger charge is -2.12. The minimum atomic E-state index is 0.0423. The summed E-state index contributed by atoms with van der Waals surface area (Å²) >= 11 is 0. The Morgan fingerprint density at radius 1 is 1.47 bits per heavy atom. The van der Waals surface area contributed by atoms with Crippen molar-refractivity contribution in [2.75, 3.05) is 31.7 Å². The molecule has 1 aromatic rings. The van der Waals surface area contributed by atoms with Gasteiger partial charge in [-0.3, -0.25) is 4.68 Å². The topological polar surface area (TPSA) is 79.5 Å². The Balaban J connectivity index is 2.32. The normalized spacial score (nSPS) is 12.6. The SMILES string of the molecule is CC[C@H](CO)Nc1cnn(CCOCCO)c1. The van der Waals surface area contributed by atoms with Gasteiger partial charge in [0.15, 0.2) is 0 Å². The lowest BCUT2D eigenvalue weighted by Crippen LogP contribution is -2.22. The summed E-state index contributed by atoms with van der Waals surface area (Å²) in [7, 11) is 0. The summed E-state index contributed by atoms with van der Waals surface area (Å²) in [6.45, 7) is 3.70.